The van der Waals surface area contributed by atoms with E-state index < -0.39 is 0 Å². The number of hydrogen-bond donors (Lipinski definition) is 2. The standard InChI is InChI=1S/C13H13ClN4O/c14-11-12(16-7-17-13(11)19)18-5-4-9-8(6-18)2-1-3-10(9)15/h1-3,7H,4-6,15H2,(H,16,17,19). The predicted octanol–water partition coefficient (Wildman–Crippen LogP) is 1.57. The average molecular weight is 277 g/mol. The number of benzene rings is 1. The van der Waals surface area contributed by atoms with Crippen LogP contribution < -0.4 is 16.2 Å². The Morgan fingerprint density at radius 1 is 1.42 bits per heavy atom. The minimum Gasteiger partial charge on any atom is -0.398 e. The lowest BCUT2D eigenvalue weighted by atomic mass is 9.98. The lowest BCUT2D eigenvalue weighted by molar-refractivity contribution is 0.720. The first-order valence-electron chi connectivity index (χ1n) is 6.01. The smallest absolute Gasteiger partial charge is 0.271 e. The number of rotatable bonds is 1. The van der Waals surface area contributed by atoms with Crippen molar-refractivity contribution in [3.05, 3.63) is 51.0 Å². The van der Waals surface area contributed by atoms with Crippen molar-refractivity contribution >= 4 is 23.1 Å². The molecule has 0 fully saturated rings. The summed E-state index contributed by atoms with van der Waals surface area (Å²) >= 11 is 6.01. The summed E-state index contributed by atoms with van der Waals surface area (Å²) in [6.07, 6.45) is 2.20. The van der Waals surface area contributed by atoms with E-state index in [-0.39, 0.29) is 10.6 Å². The minimum absolute atomic E-state index is 0.134. The number of halogens is 1. The summed E-state index contributed by atoms with van der Waals surface area (Å²) in [5, 5.41) is 0.134. The van der Waals surface area contributed by atoms with Crippen LogP contribution in [0.3, 0.4) is 0 Å². The molecular weight excluding hydrogens is 264 g/mol. The molecule has 2 heterocycles. The van der Waals surface area contributed by atoms with Crippen molar-refractivity contribution < 1.29 is 0 Å². The number of nitrogens with two attached hydrogens (primary N) is 1. The molecule has 3 N–H and O–H groups in total. The van der Waals surface area contributed by atoms with E-state index in [4.69, 9.17) is 17.3 Å². The minimum atomic E-state index is -0.315. The van der Waals surface area contributed by atoms with Crippen LogP contribution in [0.25, 0.3) is 0 Å². The molecule has 1 aromatic heterocycles. The molecule has 98 valence electrons. The molecule has 2 aromatic rings. The van der Waals surface area contributed by atoms with Gasteiger partial charge in [0.25, 0.3) is 5.56 Å². The number of H-pyrrole nitrogens is 1. The highest BCUT2D eigenvalue weighted by molar-refractivity contribution is 6.32. The number of nitrogens with one attached hydrogen (secondary N) is 1. The highest BCUT2D eigenvalue weighted by Gasteiger charge is 2.21. The van der Waals surface area contributed by atoms with Crippen LogP contribution in [0.5, 0.6) is 0 Å². The zero-order valence-corrected chi connectivity index (χ0v) is 10.9. The van der Waals surface area contributed by atoms with Crippen molar-refractivity contribution in [1.82, 2.24) is 9.97 Å². The molecule has 0 spiro atoms. The number of fused-ring (bicyclic) bond motifs is 1. The molecule has 0 saturated heterocycles. The van der Waals surface area contributed by atoms with Crippen molar-refractivity contribution in [3.63, 3.8) is 0 Å². The zero-order valence-electron chi connectivity index (χ0n) is 10.2. The number of hydrogen-bond acceptors (Lipinski definition) is 4. The molecule has 1 aliphatic heterocycles. The Labute approximate surface area is 115 Å². The maximum atomic E-state index is 11.5. The van der Waals surface area contributed by atoms with Gasteiger partial charge < -0.3 is 15.6 Å². The molecule has 1 aromatic carbocycles. The highest BCUT2D eigenvalue weighted by Crippen LogP contribution is 2.28. The van der Waals surface area contributed by atoms with E-state index in [0.29, 0.717) is 12.4 Å². The number of aromatic nitrogens is 2. The molecular formula is C13H13ClN4O. The number of nitrogen functional groups attached to an aromatic ring is 1. The molecule has 19 heavy (non-hydrogen) atoms. The van der Waals surface area contributed by atoms with Gasteiger partial charge in [0, 0.05) is 18.8 Å². The largest absolute Gasteiger partial charge is 0.398 e. The maximum absolute atomic E-state index is 11.5. The summed E-state index contributed by atoms with van der Waals surface area (Å²) < 4.78 is 0. The second-order valence-electron chi connectivity index (χ2n) is 4.53. The Morgan fingerprint density at radius 3 is 3.11 bits per heavy atom. The second kappa shape index (κ2) is 4.59. The first-order chi connectivity index (χ1) is 9.16. The molecule has 0 bridgehead atoms. The van der Waals surface area contributed by atoms with Crippen LogP contribution in [0.2, 0.25) is 5.02 Å². The van der Waals surface area contributed by atoms with Crippen LogP contribution in [0.4, 0.5) is 11.5 Å². The van der Waals surface area contributed by atoms with Gasteiger partial charge in [-0.25, -0.2) is 4.98 Å². The van der Waals surface area contributed by atoms with Gasteiger partial charge in [-0.2, -0.15) is 0 Å². The van der Waals surface area contributed by atoms with E-state index >= 15 is 0 Å². The van der Waals surface area contributed by atoms with Crippen LogP contribution in [0, 0.1) is 0 Å². The fourth-order valence-corrected chi connectivity index (χ4v) is 2.64. The molecule has 0 radical (unpaired) electrons. The van der Waals surface area contributed by atoms with Crippen LogP contribution in [0.15, 0.2) is 29.3 Å². The van der Waals surface area contributed by atoms with Gasteiger partial charge in [0.05, 0.1) is 6.33 Å². The van der Waals surface area contributed by atoms with Gasteiger partial charge in [0.1, 0.15) is 5.02 Å². The predicted molar refractivity (Wildman–Crippen MR) is 75.5 cm³/mol. The SMILES string of the molecule is Nc1cccc2c1CCN(c1nc[nH]c(=O)c1Cl)C2. The molecule has 0 amide bonds. The van der Waals surface area contributed by atoms with E-state index in [9.17, 15) is 4.79 Å². The Bertz CT molecular complexity index is 683. The maximum Gasteiger partial charge on any atom is 0.271 e. The Balaban J connectivity index is 1.98. The fraction of sp³-hybridized carbons (Fsp3) is 0.231. The lowest BCUT2D eigenvalue weighted by Gasteiger charge is -2.30. The van der Waals surface area contributed by atoms with E-state index in [2.05, 4.69) is 9.97 Å². The quantitative estimate of drug-likeness (QED) is 0.775. The molecule has 1 aliphatic rings. The van der Waals surface area contributed by atoms with E-state index in [1.807, 2.05) is 23.1 Å². The summed E-state index contributed by atoms with van der Waals surface area (Å²) in [5.41, 5.74) is 8.81. The van der Waals surface area contributed by atoms with Crippen LogP contribution in [0.1, 0.15) is 11.1 Å². The molecule has 6 heteroatoms. The van der Waals surface area contributed by atoms with Crippen LogP contribution in [-0.4, -0.2) is 16.5 Å². The zero-order chi connectivity index (χ0) is 13.4. The van der Waals surface area contributed by atoms with Crippen molar-refractivity contribution in [2.24, 2.45) is 0 Å². The van der Waals surface area contributed by atoms with Gasteiger partial charge in [-0.3, -0.25) is 4.79 Å². The topological polar surface area (TPSA) is 75.0 Å². The molecule has 5 nitrogen and oxygen atoms in total. The fourth-order valence-electron chi connectivity index (χ4n) is 2.41. The van der Waals surface area contributed by atoms with Crippen molar-refractivity contribution in [2.75, 3.05) is 17.2 Å². The Kier molecular flexibility index (Phi) is 2.91. The average Bonchev–Trinajstić information content (AvgIpc) is 2.42. The van der Waals surface area contributed by atoms with E-state index in [0.717, 1.165) is 24.2 Å². The van der Waals surface area contributed by atoms with E-state index in [1.165, 1.54) is 11.9 Å². The van der Waals surface area contributed by atoms with Crippen LogP contribution >= 0.6 is 11.6 Å². The first kappa shape index (κ1) is 12.0. The molecule has 0 saturated carbocycles. The normalized spacial score (nSPS) is 14.3. The monoisotopic (exact) mass is 276 g/mol. The van der Waals surface area contributed by atoms with Gasteiger partial charge >= 0.3 is 0 Å². The third kappa shape index (κ3) is 2.06. The van der Waals surface area contributed by atoms with Gasteiger partial charge in [-0.1, -0.05) is 23.7 Å². The lowest BCUT2D eigenvalue weighted by Crippen LogP contribution is -2.32. The third-order valence-corrected chi connectivity index (χ3v) is 3.72. The van der Waals surface area contributed by atoms with Crippen molar-refractivity contribution in [1.29, 1.82) is 0 Å². The second-order valence-corrected chi connectivity index (χ2v) is 4.90. The summed E-state index contributed by atoms with van der Waals surface area (Å²) in [7, 11) is 0. The van der Waals surface area contributed by atoms with Gasteiger partial charge in [-0.05, 0) is 23.6 Å². The number of aromatic amines is 1. The summed E-state index contributed by atoms with van der Waals surface area (Å²) in [6.45, 7) is 1.41. The van der Waals surface area contributed by atoms with Crippen molar-refractivity contribution in [3.8, 4) is 0 Å². The van der Waals surface area contributed by atoms with Gasteiger partial charge in [0.15, 0.2) is 5.82 Å². The van der Waals surface area contributed by atoms with Gasteiger partial charge in [0.2, 0.25) is 0 Å². The molecule has 0 unspecified atom stereocenters. The van der Waals surface area contributed by atoms with Crippen molar-refractivity contribution in [2.45, 2.75) is 13.0 Å². The molecule has 0 aliphatic carbocycles. The first-order valence-corrected chi connectivity index (χ1v) is 6.39. The van der Waals surface area contributed by atoms with E-state index in [1.54, 1.807) is 0 Å². The number of anilines is 2. The summed E-state index contributed by atoms with van der Waals surface area (Å²) in [6, 6.07) is 5.89. The third-order valence-electron chi connectivity index (χ3n) is 3.38. The van der Waals surface area contributed by atoms with Crippen LogP contribution in [-0.2, 0) is 13.0 Å². The Hall–Kier alpha value is -2.01. The molecule has 3 rings (SSSR count). The highest BCUT2D eigenvalue weighted by atomic mass is 35.5. The summed E-state index contributed by atoms with van der Waals surface area (Å²) in [5.74, 6) is 0.526. The number of nitrogens with zero attached hydrogens (tertiary/aromatic N) is 2. The molecule has 0 atom stereocenters. The Morgan fingerprint density at radius 2 is 2.26 bits per heavy atom. The summed E-state index contributed by atoms with van der Waals surface area (Å²) in [4.78, 5) is 20.1. The van der Waals surface area contributed by atoms with Gasteiger partial charge in [-0.15, -0.1) is 0 Å².